The van der Waals surface area contributed by atoms with Gasteiger partial charge in [-0.25, -0.2) is 4.98 Å². The second-order valence-corrected chi connectivity index (χ2v) is 7.62. The number of carbonyl (C=O) groups excluding carboxylic acids is 1. The van der Waals surface area contributed by atoms with E-state index in [1.807, 2.05) is 54.3 Å². The smallest absolute Gasteiger partial charge is 0.258 e. The number of ether oxygens (including phenoxy) is 2. The van der Waals surface area contributed by atoms with Crippen LogP contribution in [0.4, 0.5) is 5.69 Å². The molecule has 170 valence electrons. The molecular weight excluding hydrogens is 420 g/mol. The fourth-order valence-electron chi connectivity index (χ4n) is 3.81. The third kappa shape index (κ3) is 4.80. The number of methoxy groups -OCH3 is 2. The van der Waals surface area contributed by atoms with Gasteiger partial charge in [-0.1, -0.05) is 43.3 Å². The zero-order valence-electron chi connectivity index (χ0n) is 18.8. The minimum atomic E-state index is -0.271. The highest BCUT2D eigenvalue weighted by atomic mass is 16.5. The molecule has 8 heteroatoms. The summed E-state index contributed by atoms with van der Waals surface area (Å²) in [4.78, 5) is 34.7. The van der Waals surface area contributed by atoms with Crippen LogP contribution in [0.25, 0.3) is 21.7 Å². The number of nitrogens with one attached hydrogen (secondary N) is 2. The van der Waals surface area contributed by atoms with Crippen molar-refractivity contribution < 1.29 is 14.3 Å². The van der Waals surface area contributed by atoms with E-state index in [2.05, 4.69) is 15.3 Å². The van der Waals surface area contributed by atoms with Crippen molar-refractivity contribution >= 4 is 33.3 Å². The summed E-state index contributed by atoms with van der Waals surface area (Å²) >= 11 is 0. The van der Waals surface area contributed by atoms with Crippen LogP contribution in [-0.2, 0) is 11.3 Å². The van der Waals surface area contributed by atoms with Crippen LogP contribution in [0.1, 0.15) is 12.7 Å². The van der Waals surface area contributed by atoms with E-state index < -0.39 is 0 Å². The van der Waals surface area contributed by atoms with Crippen molar-refractivity contribution in [2.24, 2.45) is 0 Å². The molecule has 0 unspecified atom stereocenters. The number of aromatic amines is 1. The molecule has 0 saturated carbocycles. The number of likely N-dealkylation sites (N-methyl/N-ethyl adjacent to an activating group) is 1. The van der Waals surface area contributed by atoms with E-state index in [9.17, 15) is 9.59 Å². The molecule has 0 aliphatic heterocycles. The highest BCUT2D eigenvalue weighted by Gasteiger charge is 2.15. The Hall–Kier alpha value is -3.91. The van der Waals surface area contributed by atoms with Gasteiger partial charge < -0.3 is 19.8 Å². The van der Waals surface area contributed by atoms with Gasteiger partial charge in [0.1, 0.15) is 5.82 Å². The number of hydrogen-bond acceptors (Lipinski definition) is 6. The lowest BCUT2D eigenvalue weighted by Gasteiger charge is -2.20. The van der Waals surface area contributed by atoms with E-state index in [1.54, 1.807) is 12.1 Å². The van der Waals surface area contributed by atoms with E-state index in [0.717, 1.165) is 16.5 Å². The summed E-state index contributed by atoms with van der Waals surface area (Å²) in [6.45, 7) is 3.04. The van der Waals surface area contributed by atoms with Crippen LogP contribution in [0.2, 0.25) is 0 Å². The molecule has 0 aliphatic rings. The fraction of sp³-hybridized carbons (Fsp3) is 0.240. The summed E-state index contributed by atoms with van der Waals surface area (Å²) in [6, 6.07) is 17.0. The highest BCUT2D eigenvalue weighted by molar-refractivity contribution is 6.02. The van der Waals surface area contributed by atoms with Gasteiger partial charge in [-0.05, 0) is 24.1 Å². The maximum absolute atomic E-state index is 12.8. The number of hydrogen-bond donors (Lipinski definition) is 2. The Morgan fingerprint density at radius 1 is 1.03 bits per heavy atom. The van der Waals surface area contributed by atoms with Gasteiger partial charge in [-0.15, -0.1) is 0 Å². The molecule has 4 rings (SSSR count). The fourth-order valence-corrected chi connectivity index (χ4v) is 3.81. The Morgan fingerprint density at radius 3 is 2.52 bits per heavy atom. The van der Waals surface area contributed by atoms with Gasteiger partial charge >= 0.3 is 0 Å². The zero-order chi connectivity index (χ0) is 23.4. The van der Waals surface area contributed by atoms with E-state index in [-0.39, 0.29) is 18.0 Å². The first-order valence-corrected chi connectivity index (χ1v) is 10.7. The van der Waals surface area contributed by atoms with Crippen molar-refractivity contribution in [2.75, 3.05) is 32.6 Å². The first kappa shape index (κ1) is 22.3. The number of H-pyrrole nitrogens is 1. The number of rotatable bonds is 8. The molecule has 0 spiro atoms. The maximum atomic E-state index is 12.8. The normalized spacial score (nSPS) is 11.2. The summed E-state index contributed by atoms with van der Waals surface area (Å²) in [5.74, 6) is 1.29. The van der Waals surface area contributed by atoms with E-state index in [0.29, 0.717) is 41.3 Å². The van der Waals surface area contributed by atoms with Crippen LogP contribution in [0.5, 0.6) is 11.5 Å². The Kier molecular flexibility index (Phi) is 6.55. The number of benzene rings is 3. The van der Waals surface area contributed by atoms with Crippen molar-refractivity contribution in [1.82, 2.24) is 14.9 Å². The molecule has 3 aromatic carbocycles. The van der Waals surface area contributed by atoms with Crippen LogP contribution in [0, 0.1) is 0 Å². The molecule has 1 aromatic heterocycles. The van der Waals surface area contributed by atoms with Crippen molar-refractivity contribution in [1.29, 1.82) is 0 Å². The van der Waals surface area contributed by atoms with Crippen LogP contribution >= 0.6 is 0 Å². The molecule has 4 aromatic rings. The highest BCUT2D eigenvalue weighted by Crippen LogP contribution is 2.30. The molecule has 0 bridgehead atoms. The standard InChI is InChI=1S/C25H26N4O4/c1-4-29(15-24(30)27-19-11-7-9-16-8-5-6-10-17(16)19)14-23-26-20-13-22(33-3)21(32-2)12-18(20)25(31)28-23/h5-13H,4,14-15H2,1-3H3,(H,27,30)(H,26,28,31). The van der Waals surface area contributed by atoms with E-state index in [1.165, 1.54) is 14.2 Å². The average Bonchev–Trinajstić information content (AvgIpc) is 2.83. The van der Waals surface area contributed by atoms with Crippen LogP contribution in [0.15, 0.2) is 59.4 Å². The topological polar surface area (TPSA) is 96.6 Å². The molecule has 0 atom stereocenters. The molecule has 0 radical (unpaired) electrons. The van der Waals surface area contributed by atoms with Gasteiger partial charge in [-0.3, -0.25) is 14.5 Å². The first-order chi connectivity index (χ1) is 16.0. The number of aromatic nitrogens is 2. The van der Waals surface area contributed by atoms with Gasteiger partial charge in [0.05, 0.1) is 38.2 Å². The second-order valence-electron chi connectivity index (χ2n) is 7.62. The van der Waals surface area contributed by atoms with Crippen molar-refractivity contribution in [3.05, 3.63) is 70.8 Å². The molecular formula is C25H26N4O4. The molecule has 1 heterocycles. The van der Waals surface area contributed by atoms with Gasteiger partial charge in [-0.2, -0.15) is 0 Å². The number of anilines is 1. The monoisotopic (exact) mass is 446 g/mol. The number of nitrogens with zero attached hydrogens (tertiary/aromatic N) is 2. The summed E-state index contributed by atoms with van der Waals surface area (Å²) in [5, 5.41) is 5.46. The van der Waals surface area contributed by atoms with E-state index >= 15 is 0 Å². The van der Waals surface area contributed by atoms with Crippen LogP contribution in [0.3, 0.4) is 0 Å². The molecule has 2 N–H and O–H groups in total. The number of carbonyl (C=O) groups is 1. The van der Waals surface area contributed by atoms with Gasteiger partial charge in [0.2, 0.25) is 5.91 Å². The van der Waals surface area contributed by atoms with Crippen molar-refractivity contribution in [3.8, 4) is 11.5 Å². The Labute approximate surface area is 191 Å². The van der Waals surface area contributed by atoms with Gasteiger partial charge in [0.15, 0.2) is 11.5 Å². The largest absolute Gasteiger partial charge is 0.493 e. The molecule has 1 amide bonds. The molecule has 8 nitrogen and oxygen atoms in total. The maximum Gasteiger partial charge on any atom is 0.258 e. The van der Waals surface area contributed by atoms with Gasteiger partial charge in [0, 0.05) is 17.1 Å². The summed E-state index contributed by atoms with van der Waals surface area (Å²) in [5.41, 5.74) is 1.00. The molecule has 33 heavy (non-hydrogen) atoms. The minimum Gasteiger partial charge on any atom is -0.493 e. The average molecular weight is 447 g/mol. The quantitative estimate of drug-likeness (QED) is 0.430. The zero-order valence-corrected chi connectivity index (χ0v) is 18.8. The van der Waals surface area contributed by atoms with Gasteiger partial charge in [0.25, 0.3) is 5.56 Å². The Morgan fingerprint density at radius 2 is 1.76 bits per heavy atom. The summed E-state index contributed by atoms with van der Waals surface area (Å²) < 4.78 is 10.6. The molecule has 0 saturated heterocycles. The lowest BCUT2D eigenvalue weighted by atomic mass is 10.1. The van der Waals surface area contributed by atoms with Crippen LogP contribution < -0.4 is 20.3 Å². The Bertz CT molecular complexity index is 1360. The van der Waals surface area contributed by atoms with Crippen LogP contribution in [-0.4, -0.2) is 48.1 Å². The second kappa shape index (κ2) is 9.70. The Balaban J connectivity index is 1.52. The lowest BCUT2D eigenvalue weighted by molar-refractivity contribution is -0.117. The number of amides is 1. The minimum absolute atomic E-state index is 0.136. The summed E-state index contributed by atoms with van der Waals surface area (Å²) in [6.07, 6.45) is 0. The third-order valence-corrected chi connectivity index (χ3v) is 5.51. The van der Waals surface area contributed by atoms with Crippen molar-refractivity contribution in [2.45, 2.75) is 13.5 Å². The van der Waals surface area contributed by atoms with Crippen molar-refractivity contribution in [3.63, 3.8) is 0 Å². The third-order valence-electron chi connectivity index (χ3n) is 5.51. The predicted molar refractivity (Wildman–Crippen MR) is 129 cm³/mol. The first-order valence-electron chi connectivity index (χ1n) is 10.7. The predicted octanol–water partition coefficient (Wildman–Crippen LogP) is 3.55. The lowest BCUT2D eigenvalue weighted by Crippen LogP contribution is -2.34. The summed E-state index contributed by atoms with van der Waals surface area (Å²) in [7, 11) is 3.05. The van der Waals surface area contributed by atoms with E-state index in [4.69, 9.17) is 9.47 Å². The number of fused-ring (bicyclic) bond motifs is 2. The molecule has 0 fully saturated rings. The SMILES string of the molecule is CCN(CC(=O)Nc1cccc2ccccc12)Cc1nc2cc(OC)c(OC)cc2c(=O)[nH]1. The molecule has 0 aliphatic carbocycles.